The molecule has 0 saturated heterocycles. The van der Waals surface area contributed by atoms with Gasteiger partial charge in [0.15, 0.2) is 0 Å². The van der Waals surface area contributed by atoms with Crippen molar-refractivity contribution in [2.24, 2.45) is 0 Å². The zero-order valence-electron chi connectivity index (χ0n) is 7.69. The van der Waals surface area contributed by atoms with Crippen molar-refractivity contribution < 1.29 is 15.0 Å². The largest absolute Gasteiger partial charge is 0.503 e. The van der Waals surface area contributed by atoms with Crippen molar-refractivity contribution >= 4 is 27.7 Å². The summed E-state index contributed by atoms with van der Waals surface area (Å²) in [5, 5.41) is 16.2. The van der Waals surface area contributed by atoms with E-state index in [0.717, 1.165) is 0 Å². The fraction of sp³-hybridized carbons (Fsp3) is 0.625. The summed E-state index contributed by atoms with van der Waals surface area (Å²) in [6.07, 6.45) is 3.03. The highest BCUT2D eigenvalue weighted by Crippen LogP contribution is 2.48. The second kappa shape index (κ2) is 6.21. The summed E-state index contributed by atoms with van der Waals surface area (Å²) in [5.74, 6) is 0. The molecule has 76 valence electrons. The lowest BCUT2D eigenvalue weighted by Crippen LogP contribution is -2.14. The van der Waals surface area contributed by atoms with Crippen molar-refractivity contribution in [3.05, 3.63) is 11.5 Å². The molecule has 0 radical (unpaired) electrons. The monoisotopic (exact) mass is 222 g/mol. The topological polar surface area (TPSA) is 57.5 Å². The van der Waals surface area contributed by atoms with Crippen LogP contribution in [0.2, 0.25) is 0 Å². The Morgan fingerprint density at radius 2 is 1.85 bits per heavy atom. The molecular formula is C8H14O3S2. The fourth-order valence-corrected chi connectivity index (χ4v) is 3.70. The highest BCUT2D eigenvalue weighted by molar-refractivity contribution is 8.78. The summed E-state index contributed by atoms with van der Waals surface area (Å²) in [5.41, 5.74) is 0. The van der Waals surface area contributed by atoms with Gasteiger partial charge in [-0.2, -0.15) is 0 Å². The van der Waals surface area contributed by atoms with E-state index in [1.54, 1.807) is 0 Å². The smallest absolute Gasteiger partial charge is 0.450 e. The van der Waals surface area contributed by atoms with Crippen LogP contribution in [0.1, 0.15) is 26.7 Å². The molecule has 3 nitrogen and oxygen atoms in total. The standard InChI is InChI=1S/C7H12S2.CH2O3/c1-3-7(4-2)5-6-8-9-7;2-1(3)4/h5-6H,3-4H2,1-2H3;(H2,2,3,4). The van der Waals surface area contributed by atoms with Gasteiger partial charge in [0.1, 0.15) is 0 Å². The summed E-state index contributed by atoms with van der Waals surface area (Å²) in [7, 11) is 3.86. The van der Waals surface area contributed by atoms with Crippen LogP contribution in [-0.2, 0) is 0 Å². The maximum Gasteiger partial charge on any atom is 0.503 e. The normalized spacial score (nSPS) is 17.7. The third kappa shape index (κ3) is 5.10. The maximum atomic E-state index is 8.56. The van der Waals surface area contributed by atoms with Gasteiger partial charge in [-0.15, -0.1) is 0 Å². The van der Waals surface area contributed by atoms with Crippen molar-refractivity contribution in [2.75, 3.05) is 0 Å². The van der Waals surface area contributed by atoms with Crippen molar-refractivity contribution in [1.82, 2.24) is 0 Å². The van der Waals surface area contributed by atoms with Gasteiger partial charge in [-0.25, -0.2) is 4.79 Å². The van der Waals surface area contributed by atoms with E-state index < -0.39 is 6.16 Å². The Hall–Kier alpha value is -0.290. The molecule has 0 saturated carbocycles. The molecule has 0 bridgehead atoms. The van der Waals surface area contributed by atoms with Gasteiger partial charge in [0.05, 0.1) is 0 Å². The Balaban J connectivity index is 0.000000310. The SMILES string of the molecule is CCC1(CC)C=CSS1.O=C(O)O. The predicted molar refractivity (Wildman–Crippen MR) is 58.3 cm³/mol. The Morgan fingerprint density at radius 3 is 2.00 bits per heavy atom. The molecule has 1 rings (SSSR count). The molecule has 5 heteroatoms. The third-order valence-corrected chi connectivity index (χ3v) is 4.84. The van der Waals surface area contributed by atoms with Crippen LogP contribution in [0.15, 0.2) is 11.5 Å². The van der Waals surface area contributed by atoms with Gasteiger partial charge < -0.3 is 10.2 Å². The zero-order valence-corrected chi connectivity index (χ0v) is 9.32. The van der Waals surface area contributed by atoms with E-state index in [0.29, 0.717) is 4.75 Å². The second-order valence-corrected chi connectivity index (χ2v) is 5.06. The van der Waals surface area contributed by atoms with E-state index in [2.05, 4.69) is 25.3 Å². The molecule has 1 aliphatic heterocycles. The lowest BCUT2D eigenvalue weighted by Gasteiger charge is -2.20. The minimum absolute atomic E-state index is 0.477. The first kappa shape index (κ1) is 12.7. The predicted octanol–water partition coefficient (Wildman–Crippen LogP) is 3.68. The molecule has 0 aliphatic carbocycles. The molecule has 0 amide bonds. The van der Waals surface area contributed by atoms with Crippen LogP contribution in [0.25, 0.3) is 0 Å². The average Bonchev–Trinajstić information content (AvgIpc) is 2.52. The van der Waals surface area contributed by atoms with Gasteiger partial charge >= 0.3 is 6.16 Å². The lowest BCUT2D eigenvalue weighted by molar-refractivity contribution is 0.137. The highest BCUT2D eigenvalue weighted by Gasteiger charge is 2.26. The molecule has 0 aromatic carbocycles. The number of hydrogen-bond donors (Lipinski definition) is 2. The third-order valence-electron chi connectivity index (χ3n) is 1.84. The van der Waals surface area contributed by atoms with Gasteiger partial charge in [0.25, 0.3) is 0 Å². The molecule has 0 aromatic rings. The molecule has 0 fully saturated rings. The minimum atomic E-state index is -1.83. The molecule has 0 unspecified atom stereocenters. The summed E-state index contributed by atoms with van der Waals surface area (Å²) in [6, 6.07) is 0. The fourth-order valence-electron chi connectivity index (χ4n) is 0.907. The van der Waals surface area contributed by atoms with Crippen molar-refractivity contribution in [3.8, 4) is 0 Å². The Labute approximate surface area is 86.0 Å². The molecule has 13 heavy (non-hydrogen) atoms. The lowest BCUT2D eigenvalue weighted by atomic mass is 10.0. The van der Waals surface area contributed by atoms with Crippen molar-refractivity contribution in [2.45, 2.75) is 31.4 Å². The Morgan fingerprint density at radius 1 is 1.38 bits per heavy atom. The first-order chi connectivity index (χ1) is 6.06. The maximum absolute atomic E-state index is 8.56. The van der Waals surface area contributed by atoms with E-state index in [1.165, 1.54) is 12.8 Å². The molecule has 2 N–H and O–H groups in total. The van der Waals surface area contributed by atoms with Crippen LogP contribution in [-0.4, -0.2) is 21.1 Å². The van der Waals surface area contributed by atoms with Gasteiger partial charge in [-0.1, -0.05) is 41.5 Å². The minimum Gasteiger partial charge on any atom is -0.450 e. The van der Waals surface area contributed by atoms with Gasteiger partial charge in [0.2, 0.25) is 0 Å². The Kier molecular flexibility index (Phi) is 6.07. The van der Waals surface area contributed by atoms with E-state index in [9.17, 15) is 0 Å². The first-order valence-electron chi connectivity index (χ1n) is 4.00. The number of hydrogen-bond acceptors (Lipinski definition) is 3. The molecular weight excluding hydrogens is 208 g/mol. The first-order valence-corrected chi connectivity index (χ1v) is 6.21. The van der Waals surface area contributed by atoms with E-state index in [1.807, 2.05) is 21.6 Å². The quantitative estimate of drug-likeness (QED) is 0.698. The molecule has 0 aromatic heterocycles. The summed E-state index contributed by atoms with van der Waals surface area (Å²) < 4.78 is 0.477. The van der Waals surface area contributed by atoms with Crippen LogP contribution in [0.5, 0.6) is 0 Å². The highest BCUT2D eigenvalue weighted by atomic mass is 33.1. The van der Waals surface area contributed by atoms with Gasteiger partial charge in [-0.05, 0) is 18.2 Å². The van der Waals surface area contributed by atoms with Crippen LogP contribution in [0.3, 0.4) is 0 Å². The molecule has 1 heterocycles. The second-order valence-electron chi connectivity index (χ2n) is 2.54. The van der Waals surface area contributed by atoms with Crippen LogP contribution >= 0.6 is 21.6 Å². The Bertz CT molecular complexity index is 184. The van der Waals surface area contributed by atoms with E-state index in [4.69, 9.17) is 15.0 Å². The van der Waals surface area contributed by atoms with Gasteiger partial charge in [-0.3, -0.25) is 0 Å². The zero-order chi connectivity index (χ0) is 10.3. The van der Waals surface area contributed by atoms with Crippen molar-refractivity contribution in [1.29, 1.82) is 0 Å². The van der Waals surface area contributed by atoms with Crippen LogP contribution in [0, 0.1) is 0 Å². The number of rotatable bonds is 2. The molecule has 1 aliphatic rings. The molecule has 0 atom stereocenters. The van der Waals surface area contributed by atoms with E-state index in [-0.39, 0.29) is 0 Å². The molecule has 0 spiro atoms. The number of carbonyl (C=O) groups is 1. The van der Waals surface area contributed by atoms with Gasteiger partial charge in [0, 0.05) is 4.75 Å². The summed E-state index contributed by atoms with van der Waals surface area (Å²) >= 11 is 0. The average molecular weight is 222 g/mol. The summed E-state index contributed by atoms with van der Waals surface area (Å²) in [4.78, 5) is 8.56. The number of carboxylic acid groups (broad SMARTS) is 2. The van der Waals surface area contributed by atoms with Crippen molar-refractivity contribution in [3.63, 3.8) is 0 Å². The summed E-state index contributed by atoms with van der Waals surface area (Å²) in [6.45, 7) is 4.51. The van der Waals surface area contributed by atoms with E-state index >= 15 is 0 Å². The van der Waals surface area contributed by atoms with Crippen LogP contribution < -0.4 is 0 Å². The van der Waals surface area contributed by atoms with Crippen LogP contribution in [0.4, 0.5) is 4.79 Å².